The van der Waals surface area contributed by atoms with Gasteiger partial charge < -0.3 is 14.8 Å². The quantitative estimate of drug-likeness (QED) is 0.639. The molecule has 0 aliphatic carbocycles. The van der Waals surface area contributed by atoms with Crippen LogP contribution in [0.5, 0.6) is 5.75 Å². The third-order valence-corrected chi connectivity index (χ3v) is 6.26. The van der Waals surface area contributed by atoms with E-state index in [1.807, 2.05) is 41.3 Å². The van der Waals surface area contributed by atoms with Crippen molar-refractivity contribution < 1.29 is 18.7 Å². The fourth-order valence-electron chi connectivity index (χ4n) is 4.61. The highest BCUT2D eigenvalue weighted by atomic mass is 19.1. The number of fused-ring (bicyclic) bond motifs is 2. The maximum atomic E-state index is 14.5. The van der Waals surface area contributed by atoms with Gasteiger partial charge in [0.2, 0.25) is 5.91 Å². The molecule has 33 heavy (non-hydrogen) atoms. The van der Waals surface area contributed by atoms with Gasteiger partial charge in [-0.15, -0.1) is 0 Å². The highest BCUT2D eigenvalue weighted by Gasteiger charge is 2.28. The molecule has 3 aromatic rings. The van der Waals surface area contributed by atoms with E-state index in [0.29, 0.717) is 31.8 Å². The first kappa shape index (κ1) is 21.6. The molecule has 1 amide bonds. The Labute approximate surface area is 193 Å². The summed E-state index contributed by atoms with van der Waals surface area (Å²) in [5, 5.41) is 3.03. The predicted octanol–water partition coefficient (Wildman–Crippen LogP) is 4.19. The molecule has 0 radical (unpaired) electrons. The van der Waals surface area contributed by atoms with E-state index >= 15 is 0 Å². The molecule has 1 N–H and O–H groups in total. The zero-order valence-electron chi connectivity index (χ0n) is 18.4. The van der Waals surface area contributed by atoms with Crippen LogP contribution >= 0.6 is 0 Å². The summed E-state index contributed by atoms with van der Waals surface area (Å²) in [5.41, 5.74) is 3.89. The van der Waals surface area contributed by atoms with Crippen LogP contribution in [0.25, 0.3) is 0 Å². The molecule has 0 saturated heterocycles. The fraction of sp³-hybridized carbons (Fsp3) is 0.296. The number of nitrogens with one attached hydrogen (secondary N) is 1. The summed E-state index contributed by atoms with van der Waals surface area (Å²) in [6, 6.07) is 22.6. The number of ether oxygens (including phenoxy) is 2. The van der Waals surface area contributed by atoms with Crippen LogP contribution in [0.1, 0.15) is 34.5 Å². The number of hydrogen-bond donors (Lipinski definition) is 1. The lowest BCUT2D eigenvalue weighted by molar-refractivity contribution is -0.123. The number of carbonyl (C=O) groups excluding carboxylic acids is 1. The average Bonchev–Trinajstić information content (AvgIpc) is 3.02. The van der Waals surface area contributed by atoms with E-state index in [2.05, 4.69) is 17.4 Å². The Bertz CT molecular complexity index is 1140. The van der Waals surface area contributed by atoms with Gasteiger partial charge in [-0.3, -0.25) is 9.69 Å². The van der Waals surface area contributed by atoms with E-state index < -0.39 is 6.10 Å². The Balaban J connectivity index is 1.28. The summed E-state index contributed by atoms with van der Waals surface area (Å²) in [6.45, 7) is 2.23. The molecule has 2 heterocycles. The Morgan fingerprint density at radius 3 is 2.55 bits per heavy atom. The van der Waals surface area contributed by atoms with E-state index in [0.717, 1.165) is 23.3 Å². The van der Waals surface area contributed by atoms with Crippen molar-refractivity contribution in [3.63, 3.8) is 0 Å². The minimum Gasteiger partial charge on any atom is -0.484 e. The molecular formula is C27H27FN2O3. The van der Waals surface area contributed by atoms with Crippen molar-refractivity contribution in [2.45, 2.75) is 25.2 Å². The first-order chi connectivity index (χ1) is 16.2. The average molecular weight is 447 g/mol. The maximum absolute atomic E-state index is 14.5. The van der Waals surface area contributed by atoms with E-state index in [1.54, 1.807) is 18.2 Å². The topological polar surface area (TPSA) is 50.8 Å². The Morgan fingerprint density at radius 1 is 0.970 bits per heavy atom. The summed E-state index contributed by atoms with van der Waals surface area (Å²) in [4.78, 5) is 14.9. The van der Waals surface area contributed by atoms with E-state index in [4.69, 9.17) is 9.47 Å². The molecule has 0 spiro atoms. The predicted molar refractivity (Wildman–Crippen MR) is 123 cm³/mol. The molecule has 0 fully saturated rings. The fourth-order valence-corrected chi connectivity index (χ4v) is 4.61. The van der Waals surface area contributed by atoms with Crippen LogP contribution in [0.15, 0.2) is 72.8 Å². The van der Waals surface area contributed by atoms with Gasteiger partial charge in [-0.25, -0.2) is 4.39 Å². The summed E-state index contributed by atoms with van der Waals surface area (Å²) in [6.07, 6.45) is 0.250. The molecule has 6 heteroatoms. The van der Waals surface area contributed by atoms with Crippen molar-refractivity contribution in [1.29, 1.82) is 0 Å². The van der Waals surface area contributed by atoms with Gasteiger partial charge in [0.05, 0.1) is 13.2 Å². The summed E-state index contributed by atoms with van der Waals surface area (Å²) in [7, 11) is 0. The molecule has 0 saturated carbocycles. The highest BCUT2D eigenvalue weighted by molar-refractivity contribution is 5.78. The number of carbonyl (C=O) groups is 1. The van der Waals surface area contributed by atoms with Gasteiger partial charge >= 0.3 is 0 Å². The Kier molecular flexibility index (Phi) is 6.37. The maximum Gasteiger partial charge on any atom is 0.234 e. The molecule has 3 aromatic carbocycles. The second kappa shape index (κ2) is 9.73. The van der Waals surface area contributed by atoms with Crippen molar-refractivity contribution in [1.82, 2.24) is 10.2 Å². The first-order valence-electron chi connectivity index (χ1n) is 11.3. The van der Waals surface area contributed by atoms with E-state index in [9.17, 15) is 9.18 Å². The minimum absolute atomic E-state index is 0.0895. The molecule has 0 bridgehead atoms. The van der Waals surface area contributed by atoms with Crippen LogP contribution in [0.4, 0.5) is 4.39 Å². The highest BCUT2D eigenvalue weighted by Crippen LogP contribution is 2.32. The monoisotopic (exact) mass is 446 g/mol. The van der Waals surface area contributed by atoms with Crippen molar-refractivity contribution in [3.8, 4) is 5.75 Å². The molecule has 2 aliphatic rings. The smallest absolute Gasteiger partial charge is 0.234 e. The normalized spacial score (nSPS) is 20.2. The van der Waals surface area contributed by atoms with Crippen LogP contribution in [0.3, 0.4) is 0 Å². The summed E-state index contributed by atoms with van der Waals surface area (Å²) >= 11 is 0. The second-order valence-electron chi connectivity index (χ2n) is 8.52. The van der Waals surface area contributed by atoms with Gasteiger partial charge in [-0.05, 0) is 29.7 Å². The Hall–Kier alpha value is -3.22. The number of nitrogens with zero attached hydrogens (tertiary/aromatic N) is 1. The minimum atomic E-state index is -0.504. The number of para-hydroxylation sites is 1. The van der Waals surface area contributed by atoms with Gasteiger partial charge in [0.25, 0.3) is 0 Å². The van der Waals surface area contributed by atoms with E-state index in [-0.39, 0.29) is 24.4 Å². The second-order valence-corrected chi connectivity index (χ2v) is 8.52. The molecule has 2 aliphatic heterocycles. The van der Waals surface area contributed by atoms with Gasteiger partial charge in [-0.2, -0.15) is 0 Å². The third-order valence-electron chi connectivity index (χ3n) is 6.26. The third kappa shape index (κ3) is 4.92. The molecular weight excluding hydrogens is 419 g/mol. The molecule has 5 nitrogen and oxygen atoms in total. The van der Waals surface area contributed by atoms with Crippen LogP contribution in [0, 0.1) is 5.82 Å². The summed E-state index contributed by atoms with van der Waals surface area (Å²) < 4.78 is 26.6. The standard InChI is InChI=1S/C27H27FN2O3/c28-23-11-5-4-10-22(23)26-17-30(16-20-8-2-6-12-24(20)33-26)18-27(31)29-15-25-21-9-3-1-7-19(21)13-14-32-25/h1-12,25-26H,13-18H2,(H,29,31). The number of hydrogen-bond acceptors (Lipinski definition) is 4. The SMILES string of the molecule is O=C(CN1Cc2ccccc2OC(c2ccccc2F)C1)NCC1OCCc2ccccc21. The van der Waals surface area contributed by atoms with Crippen LogP contribution in [0.2, 0.25) is 0 Å². The van der Waals surface area contributed by atoms with Gasteiger partial charge in [-0.1, -0.05) is 60.7 Å². The molecule has 2 unspecified atom stereocenters. The molecule has 0 aromatic heterocycles. The van der Waals surface area contributed by atoms with Crippen molar-refractivity contribution in [2.24, 2.45) is 0 Å². The van der Waals surface area contributed by atoms with Crippen LogP contribution in [-0.4, -0.2) is 37.0 Å². The Morgan fingerprint density at radius 2 is 1.70 bits per heavy atom. The lowest BCUT2D eigenvalue weighted by atomic mass is 9.97. The van der Waals surface area contributed by atoms with Crippen molar-refractivity contribution in [2.75, 3.05) is 26.2 Å². The number of rotatable bonds is 5. The van der Waals surface area contributed by atoms with E-state index in [1.165, 1.54) is 11.6 Å². The van der Waals surface area contributed by atoms with Crippen LogP contribution in [-0.2, 0) is 22.5 Å². The lowest BCUT2D eigenvalue weighted by Crippen LogP contribution is -2.40. The molecule has 2 atom stereocenters. The van der Waals surface area contributed by atoms with Crippen molar-refractivity contribution >= 4 is 5.91 Å². The zero-order valence-corrected chi connectivity index (χ0v) is 18.4. The number of amides is 1. The van der Waals surface area contributed by atoms with Crippen LogP contribution < -0.4 is 10.1 Å². The molecule has 5 rings (SSSR count). The molecule has 170 valence electrons. The van der Waals surface area contributed by atoms with Gasteiger partial charge in [0.15, 0.2) is 0 Å². The summed E-state index contributed by atoms with van der Waals surface area (Å²) in [5.74, 6) is 0.327. The largest absolute Gasteiger partial charge is 0.484 e. The van der Waals surface area contributed by atoms with Crippen molar-refractivity contribution in [3.05, 3.63) is 101 Å². The zero-order chi connectivity index (χ0) is 22.6. The number of benzene rings is 3. The van der Waals surface area contributed by atoms with Gasteiger partial charge in [0.1, 0.15) is 23.8 Å². The lowest BCUT2D eigenvalue weighted by Gasteiger charge is -2.27. The first-order valence-corrected chi connectivity index (χ1v) is 11.3. The van der Waals surface area contributed by atoms with Gasteiger partial charge in [0, 0.05) is 30.8 Å². The number of halogens is 1.